The van der Waals surface area contributed by atoms with Crippen molar-refractivity contribution in [2.24, 2.45) is 5.41 Å². The normalized spacial score (nSPS) is 20.5. The van der Waals surface area contributed by atoms with Gasteiger partial charge in [0.2, 0.25) is 6.10 Å². The summed E-state index contributed by atoms with van der Waals surface area (Å²) in [6.07, 6.45) is -6.40. The zero-order chi connectivity index (χ0) is 42.8. The number of amides is 1. The molecule has 17 heteroatoms. The number of carbonyl (C=O) groups excluding carboxylic acids is 6. The average Bonchev–Trinajstić information content (AvgIpc) is 3.18. The van der Waals surface area contributed by atoms with Crippen molar-refractivity contribution in [3.05, 3.63) is 53.6 Å². The van der Waals surface area contributed by atoms with Crippen LogP contribution >= 0.6 is 0 Å². The molecule has 3 rings (SSSR count). The van der Waals surface area contributed by atoms with E-state index in [1.54, 1.807) is 36.4 Å². The van der Waals surface area contributed by atoms with Gasteiger partial charge in [-0.2, -0.15) is 0 Å². The molecule has 2 N–H and O–H groups in total. The van der Waals surface area contributed by atoms with Crippen LogP contribution in [0.15, 0.2) is 47.4 Å². The number of fused-ring (bicyclic) bond motifs is 1. The van der Waals surface area contributed by atoms with Gasteiger partial charge < -0.3 is 39.0 Å². The summed E-state index contributed by atoms with van der Waals surface area (Å²) in [5.74, 6) is -6.94. The van der Waals surface area contributed by atoms with E-state index in [-0.39, 0.29) is 16.3 Å². The van der Waals surface area contributed by atoms with Crippen molar-refractivity contribution in [2.75, 3.05) is 36.7 Å². The minimum atomic E-state index is -3.89. The van der Waals surface area contributed by atoms with Gasteiger partial charge in [0, 0.05) is 71.4 Å². The van der Waals surface area contributed by atoms with Crippen molar-refractivity contribution in [2.45, 2.75) is 115 Å². The SMILES string of the molecule is CCCC[C@]1(CC)CS(=O)(=O)c2ccc(N(C)C)cc2[C@@H](c2cccc(NC(=O)[C@H](OC(C)=O)[C@@H](OC(C)=O)[C@H](OC(C)=O)[C@@H](COC(C)=O)OC(C)=O)c2)[C@H]1O. The van der Waals surface area contributed by atoms with E-state index in [1.807, 2.05) is 32.8 Å². The van der Waals surface area contributed by atoms with Crippen LogP contribution in [0, 0.1) is 5.41 Å². The van der Waals surface area contributed by atoms with E-state index in [2.05, 4.69) is 5.32 Å². The lowest BCUT2D eigenvalue weighted by Gasteiger charge is -2.39. The summed E-state index contributed by atoms with van der Waals surface area (Å²) in [6.45, 7) is 8.18. The van der Waals surface area contributed by atoms with Crippen molar-refractivity contribution in [1.82, 2.24) is 0 Å². The average molecular weight is 819 g/mol. The Morgan fingerprint density at radius 3 is 2.00 bits per heavy atom. The Kier molecular flexibility index (Phi) is 16.2. The van der Waals surface area contributed by atoms with Gasteiger partial charge in [-0.05, 0) is 54.3 Å². The number of hydrogen-bond acceptors (Lipinski definition) is 15. The van der Waals surface area contributed by atoms with E-state index in [4.69, 9.17) is 23.7 Å². The molecule has 0 saturated heterocycles. The predicted octanol–water partition coefficient (Wildman–Crippen LogP) is 3.85. The highest BCUT2D eigenvalue weighted by Crippen LogP contribution is 2.49. The molecule has 0 aromatic heterocycles. The quantitative estimate of drug-likeness (QED) is 0.171. The van der Waals surface area contributed by atoms with Crippen LogP contribution in [0.2, 0.25) is 0 Å². The fraction of sp³-hybridized carbons (Fsp3) is 0.550. The van der Waals surface area contributed by atoms with Crippen LogP contribution in [0.1, 0.15) is 91.2 Å². The molecule has 16 nitrogen and oxygen atoms in total. The first-order valence-electron chi connectivity index (χ1n) is 18.6. The molecule has 0 spiro atoms. The van der Waals surface area contributed by atoms with Crippen molar-refractivity contribution < 1.29 is 66.0 Å². The van der Waals surface area contributed by atoms with Crippen LogP contribution in [-0.4, -0.2) is 106 Å². The number of nitrogens with zero attached hydrogens (tertiary/aromatic N) is 1. The van der Waals surface area contributed by atoms with Crippen LogP contribution < -0.4 is 10.2 Å². The van der Waals surface area contributed by atoms with Gasteiger partial charge in [0.15, 0.2) is 28.1 Å². The first kappa shape index (κ1) is 46.4. The van der Waals surface area contributed by atoms with E-state index in [9.17, 15) is 42.3 Å². The van der Waals surface area contributed by atoms with Gasteiger partial charge in [-0.3, -0.25) is 28.8 Å². The Balaban J connectivity index is 2.22. The summed E-state index contributed by atoms with van der Waals surface area (Å²) in [5.41, 5.74) is 0.622. The second kappa shape index (κ2) is 19.9. The van der Waals surface area contributed by atoms with Gasteiger partial charge >= 0.3 is 29.8 Å². The van der Waals surface area contributed by atoms with E-state index in [0.29, 0.717) is 36.1 Å². The number of benzene rings is 2. The van der Waals surface area contributed by atoms with Crippen LogP contribution in [0.3, 0.4) is 0 Å². The molecule has 2 aromatic rings. The maximum Gasteiger partial charge on any atom is 0.303 e. The van der Waals surface area contributed by atoms with Gasteiger partial charge in [0.05, 0.1) is 16.8 Å². The zero-order valence-electron chi connectivity index (χ0n) is 33.9. The second-order valence-corrected chi connectivity index (χ2v) is 16.3. The molecule has 0 saturated carbocycles. The smallest absolute Gasteiger partial charge is 0.303 e. The van der Waals surface area contributed by atoms with Gasteiger partial charge in [0.1, 0.15) is 6.61 Å². The van der Waals surface area contributed by atoms with E-state index in [0.717, 1.165) is 41.0 Å². The van der Waals surface area contributed by atoms with E-state index in [1.165, 1.54) is 6.07 Å². The lowest BCUT2D eigenvalue weighted by molar-refractivity contribution is -0.202. The molecule has 0 aliphatic carbocycles. The zero-order valence-corrected chi connectivity index (χ0v) is 34.7. The topological polar surface area (TPSA) is 218 Å². The van der Waals surface area contributed by atoms with E-state index >= 15 is 0 Å². The first-order chi connectivity index (χ1) is 26.7. The molecule has 0 bridgehead atoms. The maximum absolute atomic E-state index is 14.2. The van der Waals surface area contributed by atoms with Crippen LogP contribution in [0.4, 0.5) is 11.4 Å². The molecule has 1 aliphatic rings. The number of sulfone groups is 1. The predicted molar refractivity (Wildman–Crippen MR) is 207 cm³/mol. The Bertz CT molecular complexity index is 1910. The Morgan fingerprint density at radius 2 is 1.46 bits per heavy atom. The molecule has 1 heterocycles. The third kappa shape index (κ3) is 12.0. The standard InChI is InChI=1S/C40H54N2O14S/c1-10-12-18-40(11-2)22-57(50,51)33-17-16-30(42(8)9)20-31(33)34(38(40)48)28-14-13-15-29(19-28)41-39(49)37(56-27(7)47)36(55-26(6)46)35(54-25(5)45)32(53-24(4)44)21-52-23(3)43/h13-17,19-20,32,34-38,48H,10-12,18,21-22H2,1-9H3,(H,41,49)/t32-,34-,35-,36+,37-,38-,40-/m1/s1. The molecule has 1 aliphatic heterocycles. The molecule has 7 atom stereocenters. The third-order valence-electron chi connectivity index (χ3n) is 9.76. The molecule has 57 heavy (non-hydrogen) atoms. The minimum absolute atomic E-state index is 0.0881. The number of anilines is 2. The largest absolute Gasteiger partial charge is 0.462 e. The maximum atomic E-state index is 14.2. The minimum Gasteiger partial charge on any atom is -0.462 e. The number of rotatable bonds is 17. The summed E-state index contributed by atoms with van der Waals surface area (Å²) in [7, 11) is -0.268. The lowest BCUT2D eigenvalue weighted by Crippen LogP contribution is -2.56. The van der Waals surface area contributed by atoms with Crippen molar-refractivity contribution >= 4 is 57.0 Å². The van der Waals surface area contributed by atoms with Crippen LogP contribution in [0.25, 0.3) is 0 Å². The molecular weight excluding hydrogens is 765 g/mol. The second-order valence-electron chi connectivity index (χ2n) is 14.4. The molecule has 1 amide bonds. The van der Waals surface area contributed by atoms with Crippen molar-refractivity contribution in [1.29, 1.82) is 0 Å². The van der Waals surface area contributed by atoms with Crippen LogP contribution in [-0.2, 0) is 62.3 Å². The summed E-state index contributed by atoms with van der Waals surface area (Å²) < 4.78 is 54.7. The number of carbonyl (C=O) groups is 6. The summed E-state index contributed by atoms with van der Waals surface area (Å²) in [4.78, 5) is 77.2. The van der Waals surface area contributed by atoms with Crippen LogP contribution in [0.5, 0.6) is 0 Å². The summed E-state index contributed by atoms with van der Waals surface area (Å²) >= 11 is 0. The van der Waals surface area contributed by atoms with Gasteiger partial charge in [-0.15, -0.1) is 0 Å². The highest BCUT2D eigenvalue weighted by Gasteiger charge is 2.50. The molecule has 0 radical (unpaired) electrons. The molecule has 2 aromatic carbocycles. The number of ether oxygens (including phenoxy) is 5. The fourth-order valence-electron chi connectivity index (χ4n) is 7.12. The molecule has 314 valence electrons. The Hall–Kier alpha value is -5.03. The van der Waals surface area contributed by atoms with Gasteiger partial charge in [0.25, 0.3) is 5.91 Å². The highest BCUT2D eigenvalue weighted by atomic mass is 32.2. The van der Waals surface area contributed by atoms with E-state index < -0.39 is 94.1 Å². The monoisotopic (exact) mass is 818 g/mol. The summed E-state index contributed by atoms with van der Waals surface area (Å²) in [6, 6.07) is 11.3. The van der Waals surface area contributed by atoms with Gasteiger partial charge in [-0.25, -0.2) is 8.42 Å². The van der Waals surface area contributed by atoms with Crippen molar-refractivity contribution in [3.63, 3.8) is 0 Å². The summed E-state index contributed by atoms with van der Waals surface area (Å²) in [5, 5.41) is 15.0. The Morgan fingerprint density at radius 1 is 0.842 bits per heavy atom. The number of hydrogen-bond donors (Lipinski definition) is 2. The lowest BCUT2D eigenvalue weighted by atomic mass is 9.69. The number of esters is 5. The number of unbranched alkanes of at least 4 members (excludes halogenated alkanes) is 1. The number of nitrogens with one attached hydrogen (secondary N) is 1. The third-order valence-corrected chi connectivity index (χ3v) is 11.8. The Labute approximate surface area is 333 Å². The van der Waals surface area contributed by atoms with Crippen molar-refractivity contribution in [3.8, 4) is 0 Å². The number of aliphatic hydroxyl groups excluding tert-OH is 1. The highest BCUT2D eigenvalue weighted by molar-refractivity contribution is 7.91. The number of aliphatic hydroxyl groups is 1. The molecule has 0 unspecified atom stereocenters. The van der Waals surface area contributed by atoms with Gasteiger partial charge in [-0.1, -0.05) is 38.8 Å². The molecular formula is C40H54N2O14S. The first-order valence-corrected chi connectivity index (χ1v) is 20.3. The molecule has 0 fully saturated rings. The fourth-order valence-corrected chi connectivity index (χ4v) is 9.38.